The molecule has 4 heteroatoms. The lowest BCUT2D eigenvalue weighted by Crippen LogP contribution is -2.34. The van der Waals surface area contributed by atoms with Crippen LogP contribution in [0.2, 0.25) is 0 Å². The van der Waals surface area contributed by atoms with Crippen LogP contribution in [0.3, 0.4) is 0 Å². The van der Waals surface area contributed by atoms with Gasteiger partial charge in [0.25, 0.3) is 0 Å². The molecule has 0 aromatic carbocycles. The molecule has 0 radical (unpaired) electrons. The number of carbonyl (C=O) groups is 1. The van der Waals surface area contributed by atoms with E-state index in [-0.39, 0.29) is 5.91 Å². The summed E-state index contributed by atoms with van der Waals surface area (Å²) in [4.78, 5) is 11.2. The first-order chi connectivity index (χ1) is 5.72. The fourth-order valence-corrected chi connectivity index (χ4v) is 2.81. The summed E-state index contributed by atoms with van der Waals surface area (Å²) in [7, 11) is 0. The molecule has 0 aromatic heterocycles. The fraction of sp³-hybridized carbons (Fsp3) is 0.875. The standard InChI is InChI=1S/C8H14BrNOS/c1-6-4-7(5-12-6)10-8(11)2-3-9/h6-7H,2-5H2,1H3,(H,10,11). The van der Waals surface area contributed by atoms with Crippen molar-refractivity contribution in [1.29, 1.82) is 0 Å². The Labute approximate surface area is 86.0 Å². The number of nitrogens with one attached hydrogen (secondary N) is 1. The van der Waals surface area contributed by atoms with E-state index in [1.807, 2.05) is 11.8 Å². The summed E-state index contributed by atoms with van der Waals surface area (Å²) in [5.41, 5.74) is 0. The van der Waals surface area contributed by atoms with Gasteiger partial charge >= 0.3 is 0 Å². The monoisotopic (exact) mass is 251 g/mol. The summed E-state index contributed by atoms with van der Waals surface area (Å²) in [6.07, 6.45) is 1.72. The first-order valence-electron chi connectivity index (χ1n) is 4.19. The van der Waals surface area contributed by atoms with E-state index in [1.54, 1.807) is 0 Å². The summed E-state index contributed by atoms with van der Waals surface area (Å²) < 4.78 is 0. The molecule has 2 atom stereocenters. The lowest BCUT2D eigenvalue weighted by Gasteiger charge is -2.10. The van der Waals surface area contributed by atoms with Crippen LogP contribution in [-0.4, -0.2) is 28.3 Å². The normalized spacial score (nSPS) is 28.8. The maximum atomic E-state index is 11.2. The number of amides is 1. The van der Waals surface area contributed by atoms with E-state index < -0.39 is 0 Å². The Morgan fingerprint density at radius 2 is 2.50 bits per heavy atom. The second kappa shape index (κ2) is 5.12. The molecule has 0 aromatic rings. The number of hydrogen-bond donors (Lipinski definition) is 1. The molecule has 0 aliphatic carbocycles. The number of alkyl halides is 1. The Morgan fingerprint density at radius 1 is 1.75 bits per heavy atom. The van der Waals surface area contributed by atoms with E-state index in [9.17, 15) is 4.79 Å². The van der Waals surface area contributed by atoms with E-state index in [4.69, 9.17) is 0 Å². The van der Waals surface area contributed by atoms with Gasteiger partial charge in [0, 0.05) is 28.8 Å². The number of carbonyl (C=O) groups excluding carboxylic acids is 1. The quantitative estimate of drug-likeness (QED) is 0.776. The van der Waals surface area contributed by atoms with Crippen LogP contribution in [0.15, 0.2) is 0 Å². The van der Waals surface area contributed by atoms with Crippen molar-refractivity contribution in [3.8, 4) is 0 Å². The first-order valence-corrected chi connectivity index (χ1v) is 6.36. The van der Waals surface area contributed by atoms with Crippen molar-refractivity contribution >= 4 is 33.6 Å². The van der Waals surface area contributed by atoms with Gasteiger partial charge in [-0.2, -0.15) is 11.8 Å². The van der Waals surface area contributed by atoms with Crippen LogP contribution in [0.4, 0.5) is 0 Å². The molecule has 12 heavy (non-hydrogen) atoms. The van der Waals surface area contributed by atoms with Gasteiger partial charge in [0.2, 0.25) is 5.91 Å². The van der Waals surface area contributed by atoms with E-state index >= 15 is 0 Å². The molecular weight excluding hydrogens is 238 g/mol. The first kappa shape index (κ1) is 10.4. The van der Waals surface area contributed by atoms with Gasteiger partial charge in [-0.15, -0.1) is 0 Å². The summed E-state index contributed by atoms with van der Waals surface area (Å²) in [5.74, 6) is 1.25. The minimum Gasteiger partial charge on any atom is -0.352 e. The third kappa shape index (κ3) is 3.35. The predicted octanol–water partition coefficient (Wildman–Crippen LogP) is 1.78. The molecule has 2 nitrogen and oxygen atoms in total. The second-order valence-corrected chi connectivity index (χ2v) is 5.35. The Morgan fingerprint density at radius 3 is 3.00 bits per heavy atom. The van der Waals surface area contributed by atoms with Crippen molar-refractivity contribution in [3.63, 3.8) is 0 Å². The third-order valence-electron chi connectivity index (χ3n) is 1.89. The molecule has 1 saturated heterocycles. The summed E-state index contributed by atoms with van der Waals surface area (Å²) in [5, 5.41) is 4.49. The highest BCUT2D eigenvalue weighted by molar-refractivity contribution is 9.09. The summed E-state index contributed by atoms with van der Waals surface area (Å²) in [6, 6.07) is 0.413. The molecule has 0 saturated carbocycles. The summed E-state index contributed by atoms with van der Waals surface area (Å²) in [6.45, 7) is 2.21. The van der Waals surface area contributed by atoms with Gasteiger partial charge in [-0.05, 0) is 6.42 Å². The highest BCUT2D eigenvalue weighted by Gasteiger charge is 2.22. The largest absolute Gasteiger partial charge is 0.352 e. The lowest BCUT2D eigenvalue weighted by molar-refractivity contribution is -0.121. The molecule has 0 bridgehead atoms. The molecule has 1 aliphatic heterocycles. The zero-order valence-corrected chi connectivity index (χ0v) is 9.58. The van der Waals surface area contributed by atoms with Gasteiger partial charge in [0.15, 0.2) is 0 Å². The molecule has 1 N–H and O–H groups in total. The Kier molecular flexibility index (Phi) is 4.43. The number of hydrogen-bond acceptors (Lipinski definition) is 2. The molecule has 1 fully saturated rings. The van der Waals surface area contributed by atoms with Gasteiger partial charge in [-0.25, -0.2) is 0 Å². The van der Waals surface area contributed by atoms with E-state index in [0.29, 0.717) is 17.7 Å². The highest BCUT2D eigenvalue weighted by Crippen LogP contribution is 2.25. The fourth-order valence-electron chi connectivity index (χ4n) is 1.30. The van der Waals surface area contributed by atoms with Gasteiger partial charge in [-0.3, -0.25) is 4.79 Å². The minimum absolute atomic E-state index is 0.173. The Hall–Kier alpha value is 0.300. The zero-order valence-electron chi connectivity index (χ0n) is 7.18. The Bertz CT molecular complexity index is 165. The number of thioether (sulfide) groups is 1. The van der Waals surface area contributed by atoms with Gasteiger partial charge < -0.3 is 5.32 Å². The smallest absolute Gasteiger partial charge is 0.221 e. The molecule has 0 spiro atoms. The van der Waals surface area contributed by atoms with Crippen LogP contribution in [0.1, 0.15) is 19.8 Å². The molecular formula is C8H14BrNOS. The van der Waals surface area contributed by atoms with Crippen LogP contribution >= 0.6 is 27.7 Å². The van der Waals surface area contributed by atoms with Gasteiger partial charge in [0.1, 0.15) is 0 Å². The van der Waals surface area contributed by atoms with Crippen molar-refractivity contribution in [2.45, 2.75) is 31.1 Å². The van der Waals surface area contributed by atoms with Crippen LogP contribution in [0, 0.1) is 0 Å². The second-order valence-electron chi connectivity index (χ2n) is 3.08. The maximum Gasteiger partial charge on any atom is 0.221 e. The highest BCUT2D eigenvalue weighted by atomic mass is 79.9. The topological polar surface area (TPSA) is 29.1 Å². The average Bonchev–Trinajstić information content (AvgIpc) is 2.36. The Balaban J connectivity index is 2.18. The summed E-state index contributed by atoms with van der Waals surface area (Å²) >= 11 is 5.18. The molecule has 1 amide bonds. The van der Waals surface area contributed by atoms with Crippen molar-refractivity contribution in [1.82, 2.24) is 5.32 Å². The van der Waals surface area contributed by atoms with E-state index in [1.165, 1.54) is 0 Å². The van der Waals surface area contributed by atoms with E-state index in [2.05, 4.69) is 28.2 Å². The molecule has 2 unspecified atom stereocenters. The maximum absolute atomic E-state index is 11.2. The molecule has 70 valence electrons. The molecule has 1 rings (SSSR count). The average molecular weight is 252 g/mol. The lowest BCUT2D eigenvalue weighted by atomic mass is 10.2. The van der Waals surface area contributed by atoms with Gasteiger partial charge in [-0.1, -0.05) is 22.9 Å². The zero-order chi connectivity index (χ0) is 8.97. The number of halogens is 1. The predicted molar refractivity (Wildman–Crippen MR) is 56.9 cm³/mol. The van der Waals surface area contributed by atoms with Crippen molar-refractivity contribution in [3.05, 3.63) is 0 Å². The van der Waals surface area contributed by atoms with Crippen molar-refractivity contribution < 1.29 is 4.79 Å². The SMILES string of the molecule is CC1CC(NC(=O)CCBr)CS1. The van der Waals surface area contributed by atoms with Crippen molar-refractivity contribution in [2.75, 3.05) is 11.1 Å². The van der Waals surface area contributed by atoms with E-state index in [0.717, 1.165) is 17.5 Å². The third-order valence-corrected chi connectivity index (χ3v) is 3.64. The van der Waals surface area contributed by atoms with Crippen LogP contribution < -0.4 is 5.32 Å². The molecule has 1 aliphatic rings. The van der Waals surface area contributed by atoms with Crippen LogP contribution in [-0.2, 0) is 4.79 Å². The van der Waals surface area contributed by atoms with Crippen LogP contribution in [0.25, 0.3) is 0 Å². The van der Waals surface area contributed by atoms with Crippen LogP contribution in [0.5, 0.6) is 0 Å². The van der Waals surface area contributed by atoms with Gasteiger partial charge in [0.05, 0.1) is 0 Å². The minimum atomic E-state index is 0.173. The van der Waals surface area contributed by atoms with Crippen molar-refractivity contribution in [2.24, 2.45) is 0 Å². The number of rotatable bonds is 3. The molecule has 1 heterocycles.